The third kappa shape index (κ3) is 3.34. The Morgan fingerprint density at radius 2 is 1.50 bits per heavy atom. The van der Waals surface area contributed by atoms with Crippen molar-refractivity contribution in [2.24, 2.45) is 0 Å². The van der Waals surface area contributed by atoms with Gasteiger partial charge in [-0.25, -0.2) is 4.98 Å². The Bertz CT molecular complexity index is 1160. The molecule has 30 heavy (non-hydrogen) atoms. The van der Waals surface area contributed by atoms with Gasteiger partial charge in [-0.3, -0.25) is 5.10 Å². The minimum Gasteiger partial charge on any atom is -0.493 e. The maximum Gasteiger partial charge on any atom is 0.203 e. The molecular weight excluding hydrogens is 378 g/mol. The Labute approximate surface area is 175 Å². The van der Waals surface area contributed by atoms with Crippen molar-refractivity contribution in [1.82, 2.24) is 15.2 Å². The first-order chi connectivity index (χ1) is 14.6. The van der Waals surface area contributed by atoms with Gasteiger partial charge in [0, 0.05) is 11.8 Å². The summed E-state index contributed by atoms with van der Waals surface area (Å²) in [6.45, 7) is 4.39. The predicted molar refractivity (Wildman–Crippen MR) is 119 cm³/mol. The Kier molecular flexibility index (Phi) is 5.31. The molecule has 2 aromatic heterocycles. The lowest BCUT2D eigenvalue weighted by molar-refractivity contribution is 0.324. The minimum absolute atomic E-state index is 0.486. The van der Waals surface area contributed by atoms with E-state index in [1.807, 2.05) is 18.2 Å². The molecule has 0 aliphatic rings. The van der Waals surface area contributed by atoms with Crippen LogP contribution in [0.3, 0.4) is 0 Å². The number of benzene rings is 2. The van der Waals surface area contributed by atoms with Crippen molar-refractivity contribution in [2.45, 2.75) is 19.8 Å². The lowest BCUT2D eigenvalue weighted by Crippen LogP contribution is -1.96. The van der Waals surface area contributed by atoms with E-state index in [0.29, 0.717) is 23.2 Å². The second-order valence-corrected chi connectivity index (χ2v) is 7.35. The molecule has 6 heteroatoms. The van der Waals surface area contributed by atoms with E-state index in [1.165, 1.54) is 5.56 Å². The highest BCUT2D eigenvalue weighted by atomic mass is 16.5. The van der Waals surface area contributed by atoms with Gasteiger partial charge >= 0.3 is 0 Å². The van der Waals surface area contributed by atoms with Crippen molar-refractivity contribution in [3.05, 3.63) is 54.2 Å². The molecule has 2 aromatic carbocycles. The third-order valence-corrected chi connectivity index (χ3v) is 5.29. The summed E-state index contributed by atoms with van der Waals surface area (Å²) >= 11 is 0. The second-order valence-electron chi connectivity index (χ2n) is 7.35. The molecule has 0 unspecified atom stereocenters. The van der Waals surface area contributed by atoms with Gasteiger partial charge in [-0.2, -0.15) is 5.10 Å². The number of nitrogens with one attached hydrogen (secondary N) is 1. The number of hydrogen-bond donors (Lipinski definition) is 1. The van der Waals surface area contributed by atoms with Crippen LogP contribution in [0.2, 0.25) is 0 Å². The van der Waals surface area contributed by atoms with Crippen molar-refractivity contribution in [3.8, 4) is 39.6 Å². The van der Waals surface area contributed by atoms with E-state index in [4.69, 9.17) is 14.2 Å². The van der Waals surface area contributed by atoms with E-state index >= 15 is 0 Å². The van der Waals surface area contributed by atoms with E-state index in [9.17, 15) is 0 Å². The molecule has 0 spiro atoms. The van der Waals surface area contributed by atoms with Crippen LogP contribution in [0, 0.1) is 0 Å². The van der Waals surface area contributed by atoms with Gasteiger partial charge in [0.1, 0.15) is 5.69 Å². The van der Waals surface area contributed by atoms with Gasteiger partial charge in [0.05, 0.1) is 26.7 Å². The SMILES string of the molecule is COc1cc(-c2n[nH]c3nccc(-c4ccc(C(C)C)cc4)c23)cc(OC)c1OC. The van der Waals surface area contributed by atoms with Crippen molar-refractivity contribution in [3.63, 3.8) is 0 Å². The summed E-state index contributed by atoms with van der Waals surface area (Å²) in [4.78, 5) is 4.47. The smallest absolute Gasteiger partial charge is 0.203 e. The van der Waals surface area contributed by atoms with Crippen molar-refractivity contribution >= 4 is 11.0 Å². The molecule has 0 aliphatic heterocycles. The lowest BCUT2D eigenvalue weighted by atomic mass is 9.96. The number of rotatable bonds is 6. The Hall–Kier alpha value is -3.54. The molecule has 154 valence electrons. The van der Waals surface area contributed by atoms with Gasteiger partial charge in [0.15, 0.2) is 17.1 Å². The maximum absolute atomic E-state index is 5.52. The zero-order valence-electron chi connectivity index (χ0n) is 17.8. The summed E-state index contributed by atoms with van der Waals surface area (Å²) in [6, 6.07) is 14.5. The minimum atomic E-state index is 0.486. The van der Waals surface area contributed by atoms with Crippen LogP contribution in [0.1, 0.15) is 25.3 Å². The van der Waals surface area contributed by atoms with Gasteiger partial charge in [-0.05, 0) is 40.8 Å². The number of fused-ring (bicyclic) bond motifs is 1. The first-order valence-electron chi connectivity index (χ1n) is 9.81. The molecule has 6 nitrogen and oxygen atoms in total. The van der Waals surface area contributed by atoms with Crippen molar-refractivity contribution in [1.29, 1.82) is 0 Å². The monoisotopic (exact) mass is 403 g/mol. The number of methoxy groups -OCH3 is 3. The highest BCUT2D eigenvalue weighted by Crippen LogP contribution is 2.43. The average Bonchev–Trinajstić information content (AvgIpc) is 3.22. The summed E-state index contributed by atoms with van der Waals surface area (Å²) in [5.74, 6) is 2.19. The highest BCUT2D eigenvalue weighted by molar-refractivity contribution is 6.02. The number of aromatic amines is 1. The highest BCUT2D eigenvalue weighted by Gasteiger charge is 2.19. The first kappa shape index (κ1) is 19.8. The van der Waals surface area contributed by atoms with E-state index in [2.05, 4.69) is 53.3 Å². The van der Waals surface area contributed by atoms with Gasteiger partial charge < -0.3 is 14.2 Å². The molecule has 0 aliphatic carbocycles. The van der Waals surface area contributed by atoms with Crippen LogP contribution in [-0.4, -0.2) is 36.5 Å². The van der Waals surface area contributed by atoms with Gasteiger partial charge in [-0.15, -0.1) is 0 Å². The first-order valence-corrected chi connectivity index (χ1v) is 9.81. The van der Waals surface area contributed by atoms with Crippen LogP contribution in [0.5, 0.6) is 17.2 Å². The molecule has 0 amide bonds. The largest absolute Gasteiger partial charge is 0.493 e. The number of ether oxygens (including phenoxy) is 3. The van der Waals surface area contributed by atoms with Crippen LogP contribution >= 0.6 is 0 Å². The molecule has 1 N–H and O–H groups in total. The fourth-order valence-corrected chi connectivity index (χ4v) is 3.67. The number of nitrogens with zero attached hydrogens (tertiary/aromatic N) is 2. The van der Waals surface area contributed by atoms with Crippen LogP contribution < -0.4 is 14.2 Å². The Morgan fingerprint density at radius 3 is 2.07 bits per heavy atom. The molecule has 0 fully saturated rings. The van der Waals surface area contributed by atoms with Gasteiger partial charge in [0.2, 0.25) is 5.75 Å². The van der Waals surface area contributed by atoms with Crippen LogP contribution in [0.4, 0.5) is 0 Å². The molecule has 4 rings (SSSR count). The summed E-state index contributed by atoms with van der Waals surface area (Å²) in [5, 5.41) is 8.57. The lowest BCUT2D eigenvalue weighted by Gasteiger charge is -2.14. The number of pyridine rings is 1. The summed E-state index contributed by atoms with van der Waals surface area (Å²) in [7, 11) is 4.80. The standard InChI is InChI=1S/C24H25N3O3/c1-14(2)15-6-8-16(9-7-15)18-10-11-25-24-21(18)22(26-27-24)17-12-19(28-3)23(30-5)20(13-17)29-4/h6-14H,1-5H3,(H,25,26,27). The Balaban J connectivity index is 1.92. The van der Waals surface area contributed by atoms with Crippen LogP contribution in [-0.2, 0) is 0 Å². The zero-order valence-corrected chi connectivity index (χ0v) is 17.8. The number of hydrogen-bond acceptors (Lipinski definition) is 5. The van der Waals surface area contributed by atoms with E-state index in [1.54, 1.807) is 27.5 Å². The quantitative estimate of drug-likeness (QED) is 0.464. The number of H-pyrrole nitrogens is 1. The average molecular weight is 403 g/mol. The molecule has 2 heterocycles. The van der Waals surface area contributed by atoms with E-state index < -0.39 is 0 Å². The van der Waals surface area contributed by atoms with Crippen molar-refractivity contribution in [2.75, 3.05) is 21.3 Å². The van der Waals surface area contributed by atoms with Crippen LogP contribution in [0.15, 0.2) is 48.7 Å². The Morgan fingerprint density at radius 1 is 0.833 bits per heavy atom. The third-order valence-electron chi connectivity index (χ3n) is 5.29. The molecular formula is C24H25N3O3. The summed E-state index contributed by atoms with van der Waals surface area (Å²) in [6.07, 6.45) is 1.80. The van der Waals surface area contributed by atoms with Crippen LogP contribution in [0.25, 0.3) is 33.4 Å². The zero-order chi connectivity index (χ0) is 21.3. The predicted octanol–water partition coefficient (Wildman–Crippen LogP) is 5.44. The fourth-order valence-electron chi connectivity index (χ4n) is 3.67. The van der Waals surface area contributed by atoms with E-state index in [-0.39, 0.29) is 0 Å². The second kappa shape index (κ2) is 8.06. The molecule has 0 atom stereocenters. The molecule has 0 radical (unpaired) electrons. The van der Waals surface area contributed by atoms with Gasteiger partial charge in [-0.1, -0.05) is 38.1 Å². The topological polar surface area (TPSA) is 69.3 Å². The number of aromatic nitrogens is 3. The molecule has 4 aromatic rings. The molecule has 0 bridgehead atoms. The normalized spacial score (nSPS) is 11.1. The van der Waals surface area contributed by atoms with Gasteiger partial charge in [0.25, 0.3) is 0 Å². The summed E-state index contributed by atoms with van der Waals surface area (Å²) in [5.41, 5.74) is 5.84. The van der Waals surface area contributed by atoms with E-state index in [0.717, 1.165) is 33.4 Å². The van der Waals surface area contributed by atoms with Crippen molar-refractivity contribution < 1.29 is 14.2 Å². The maximum atomic E-state index is 5.52. The molecule has 0 saturated heterocycles. The summed E-state index contributed by atoms with van der Waals surface area (Å²) < 4.78 is 16.5. The fraction of sp³-hybridized carbons (Fsp3) is 0.250. The molecule has 0 saturated carbocycles.